The van der Waals surface area contributed by atoms with Gasteiger partial charge in [-0.2, -0.15) is 0 Å². The van der Waals surface area contributed by atoms with Crippen molar-refractivity contribution in [2.24, 2.45) is 16.0 Å². The minimum Gasteiger partial charge on any atom is -0.527 e. The Balaban J connectivity index is 0. The maximum atomic E-state index is 9.57. The zero-order chi connectivity index (χ0) is 6.57. The number of urea groups is 1. The summed E-state index contributed by atoms with van der Waals surface area (Å²) in [7, 11) is 0. The number of hydrogen-bond acceptors (Lipinski definition) is 3. The predicted octanol–water partition coefficient (Wildman–Crippen LogP) is -4.14. The minimum atomic E-state index is -1.79. The molecule has 2 N–H and O–H groups in total. The van der Waals surface area contributed by atoms with Crippen LogP contribution in [0.5, 0.6) is 0 Å². The Hall–Kier alpha value is -0.460. The van der Waals surface area contributed by atoms with Crippen molar-refractivity contribution < 1.29 is 44.3 Å². The van der Waals surface area contributed by atoms with Crippen molar-refractivity contribution in [1.29, 1.82) is 0 Å². The molecule has 0 bridgehead atoms. The van der Waals surface area contributed by atoms with Crippen LogP contribution in [0.1, 0.15) is 0 Å². The van der Waals surface area contributed by atoms with Crippen molar-refractivity contribution in [3.05, 3.63) is 0 Å². The van der Waals surface area contributed by atoms with Crippen molar-refractivity contribution in [2.45, 2.75) is 0 Å². The third-order valence-electron chi connectivity index (χ3n) is 0.230. The van der Waals surface area contributed by atoms with E-state index >= 15 is 0 Å². The fraction of sp³-hybridized carbons (Fsp3) is 0. The van der Waals surface area contributed by atoms with Crippen molar-refractivity contribution in [3.63, 3.8) is 0 Å². The summed E-state index contributed by atoms with van der Waals surface area (Å²) in [6, 6.07) is -1.16. The van der Waals surface area contributed by atoms with E-state index in [1.807, 2.05) is 0 Å². The van der Waals surface area contributed by atoms with Crippen LogP contribution in [0.4, 0.5) is 9.59 Å². The molecule has 7 heteroatoms. The molecule has 3 amide bonds. The van der Waals surface area contributed by atoms with Gasteiger partial charge in [-0.1, -0.05) is 5.11 Å². The van der Waals surface area contributed by atoms with Gasteiger partial charge in [0.25, 0.3) is 0 Å². The molecule has 0 fully saturated rings. The molecule has 0 atom stereocenters. The third-order valence-corrected chi connectivity index (χ3v) is 0.230. The molecule has 0 aromatic heterocycles. The van der Waals surface area contributed by atoms with Crippen LogP contribution in [-0.2, 0) is 0 Å². The summed E-state index contributed by atoms with van der Waals surface area (Å²) in [5, 5.41) is 14.0. The Labute approximate surface area is 72.4 Å². The minimum absolute atomic E-state index is 0. The summed E-state index contributed by atoms with van der Waals surface area (Å²) in [5.41, 5.74) is 4.35. The first-order valence-electron chi connectivity index (χ1n) is 1.55. The number of carbonyl (C=O) groups is 2. The Morgan fingerprint density at radius 3 is 1.89 bits per heavy atom. The number of hydrogen-bond donors (Lipinski definition) is 1. The van der Waals surface area contributed by atoms with Gasteiger partial charge in [0, 0.05) is 0 Å². The van der Waals surface area contributed by atoms with E-state index in [1.54, 1.807) is 0 Å². The quantitative estimate of drug-likeness (QED) is 0.272. The molecule has 0 saturated heterocycles. The second-order valence-electron chi connectivity index (χ2n) is 0.804. The van der Waals surface area contributed by atoms with E-state index in [0.29, 0.717) is 0 Å². The number of nitrogens with zero attached hydrogens (tertiary/aromatic N) is 2. The van der Waals surface area contributed by atoms with Crippen molar-refractivity contribution >= 4 is 12.1 Å². The van der Waals surface area contributed by atoms with E-state index in [1.165, 1.54) is 0 Å². The second-order valence-corrected chi connectivity index (χ2v) is 0.804. The van der Waals surface area contributed by atoms with Gasteiger partial charge in [-0.3, -0.25) is 0 Å². The van der Waals surface area contributed by atoms with Gasteiger partial charge in [0.15, 0.2) is 6.09 Å². The molecule has 6 nitrogen and oxygen atoms in total. The fourth-order valence-corrected chi connectivity index (χ4v) is 0.0901. The Morgan fingerprint density at radius 2 is 1.78 bits per heavy atom. The van der Waals surface area contributed by atoms with Crippen LogP contribution in [0.2, 0.25) is 0 Å². The van der Waals surface area contributed by atoms with Crippen LogP contribution in [0.15, 0.2) is 10.2 Å². The second kappa shape index (κ2) is 5.67. The monoisotopic (exact) mass is 139 g/mol. The molecule has 0 aromatic rings. The largest absolute Gasteiger partial charge is 1.00 e. The summed E-state index contributed by atoms with van der Waals surface area (Å²) in [5.74, 6) is 0. The number of nitrogens with two attached hydrogens (primary N) is 1. The molecule has 0 unspecified atom stereocenters. The summed E-state index contributed by atoms with van der Waals surface area (Å²) in [4.78, 5) is 18.9. The van der Waals surface area contributed by atoms with Gasteiger partial charge in [-0.15, -0.1) is 5.11 Å². The molecule has 44 valence electrons. The average molecular weight is 139 g/mol. The average Bonchev–Trinajstić information content (AvgIpc) is 1.61. The van der Waals surface area contributed by atoms with Gasteiger partial charge in [-0.05, 0) is 0 Å². The summed E-state index contributed by atoms with van der Waals surface area (Å²) < 4.78 is 0. The number of primary amides is 1. The van der Waals surface area contributed by atoms with Crippen molar-refractivity contribution in [3.8, 4) is 0 Å². The van der Waals surface area contributed by atoms with Crippen LogP contribution in [0.25, 0.3) is 0 Å². The molecular weight excluding hydrogens is 137 g/mol. The van der Waals surface area contributed by atoms with E-state index < -0.39 is 12.1 Å². The Morgan fingerprint density at radius 1 is 1.33 bits per heavy atom. The molecule has 0 radical (unpaired) electrons. The van der Waals surface area contributed by atoms with Crippen LogP contribution in [-0.4, -0.2) is 12.1 Å². The number of rotatable bonds is 0. The van der Waals surface area contributed by atoms with E-state index in [4.69, 9.17) is 0 Å². The van der Waals surface area contributed by atoms with Crippen molar-refractivity contribution in [2.75, 3.05) is 0 Å². The van der Waals surface area contributed by atoms with Crippen LogP contribution in [0, 0.1) is 0 Å². The third kappa shape index (κ3) is 11.2. The Bertz CT molecular complexity index is 128. The van der Waals surface area contributed by atoms with Crippen LogP contribution in [0.3, 0.4) is 0 Å². The molecule has 0 aliphatic rings. The van der Waals surface area contributed by atoms with Gasteiger partial charge in [-0.25, -0.2) is 4.79 Å². The molecule has 0 spiro atoms. The first-order valence-corrected chi connectivity index (χ1v) is 1.55. The Kier molecular flexibility index (Phi) is 7.15. The van der Waals surface area contributed by atoms with E-state index in [2.05, 4.69) is 16.0 Å². The van der Waals surface area contributed by atoms with Gasteiger partial charge in [0.05, 0.1) is 0 Å². The van der Waals surface area contributed by atoms with Gasteiger partial charge in [0.2, 0.25) is 0 Å². The maximum Gasteiger partial charge on any atom is 1.00 e. The number of carbonyl (C=O) groups excluding carboxylic acids is 2. The van der Waals surface area contributed by atoms with E-state index in [-0.39, 0.29) is 29.6 Å². The number of amides is 3. The van der Waals surface area contributed by atoms with Crippen LogP contribution < -0.4 is 40.4 Å². The van der Waals surface area contributed by atoms with E-state index in [0.717, 1.165) is 0 Å². The van der Waals surface area contributed by atoms with Crippen molar-refractivity contribution in [1.82, 2.24) is 0 Å². The topological polar surface area (TPSA) is 108 Å². The molecule has 0 heterocycles. The van der Waals surface area contributed by atoms with Gasteiger partial charge in [0.1, 0.15) is 0 Å². The fourth-order valence-electron chi connectivity index (χ4n) is 0.0901. The van der Waals surface area contributed by atoms with E-state index in [9.17, 15) is 14.7 Å². The first-order chi connectivity index (χ1) is 3.63. The first kappa shape index (κ1) is 11.4. The summed E-state index contributed by atoms with van der Waals surface area (Å²) >= 11 is 0. The summed E-state index contributed by atoms with van der Waals surface area (Å²) in [6.07, 6.45) is -1.79. The zero-order valence-electron chi connectivity index (χ0n) is 4.70. The predicted molar refractivity (Wildman–Crippen MR) is 19.8 cm³/mol. The number of azo groups is 1. The molecule has 9 heavy (non-hydrogen) atoms. The zero-order valence-corrected chi connectivity index (χ0v) is 6.70. The number of carboxylic acid groups (broad SMARTS) is 1. The van der Waals surface area contributed by atoms with Crippen LogP contribution >= 0.6 is 0 Å². The molecule has 0 aliphatic heterocycles. The molecule has 0 aliphatic carbocycles. The van der Waals surface area contributed by atoms with Gasteiger partial charge >= 0.3 is 35.6 Å². The normalized spacial score (nSPS) is 8.44. The smallest absolute Gasteiger partial charge is 0.527 e. The van der Waals surface area contributed by atoms with Gasteiger partial charge < -0.3 is 15.6 Å². The maximum absolute atomic E-state index is 9.57. The molecular formula is C2H2N3NaO3. The molecule has 0 saturated carbocycles. The summed E-state index contributed by atoms with van der Waals surface area (Å²) in [6.45, 7) is 0. The molecule has 0 rings (SSSR count). The SMILES string of the molecule is NC(=O)N=NC(=O)[O-].[Na+]. The standard InChI is InChI=1S/C2H3N3O3.Na/c3-1(6)4-5-2(7)8;/h(H2,3,6)(H,7,8);/q;+1/p-1. The molecule has 0 aromatic carbocycles.